The van der Waals surface area contributed by atoms with Crippen molar-refractivity contribution >= 4 is 10.0 Å². The van der Waals surface area contributed by atoms with Crippen LogP contribution in [0.4, 0.5) is 4.39 Å². The molecule has 7 heteroatoms. The zero-order chi connectivity index (χ0) is 16.2. The summed E-state index contributed by atoms with van der Waals surface area (Å²) in [6, 6.07) is 5.01. The third-order valence-electron chi connectivity index (χ3n) is 2.99. The van der Waals surface area contributed by atoms with Gasteiger partial charge in [0.25, 0.3) is 0 Å². The number of hydrogen-bond donors (Lipinski definition) is 1. The first-order valence-corrected chi connectivity index (χ1v) is 8.36. The normalized spacial score (nSPS) is 13.0. The standard InChI is InChI=1S/C15H18FNO4S/c1-3-21-15-5-4-13(9-14(15)16)22(18,19)17-11(2)8-12-6-7-20-10-12/h4-7,9-11,17H,3,8H2,1-2H3/t11-/m0/s1. The average Bonchev–Trinajstić information content (AvgIpc) is 2.93. The maximum absolute atomic E-state index is 13.8. The van der Waals surface area contributed by atoms with E-state index in [9.17, 15) is 12.8 Å². The van der Waals surface area contributed by atoms with Crippen molar-refractivity contribution < 1.29 is 22.0 Å². The SMILES string of the molecule is CCOc1ccc(S(=O)(=O)N[C@@H](C)Cc2ccoc2)cc1F. The van der Waals surface area contributed by atoms with Crippen LogP contribution in [-0.4, -0.2) is 21.1 Å². The van der Waals surface area contributed by atoms with Crippen LogP contribution in [0.25, 0.3) is 0 Å². The van der Waals surface area contributed by atoms with Crippen molar-refractivity contribution in [2.45, 2.75) is 31.2 Å². The van der Waals surface area contributed by atoms with Crippen LogP contribution in [0.5, 0.6) is 5.75 Å². The van der Waals surface area contributed by atoms with Gasteiger partial charge in [0.05, 0.1) is 24.0 Å². The van der Waals surface area contributed by atoms with Crippen LogP contribution in [0.15, 0.2) is 46.1 Å². The van der Waals surface area contributed by atoms with Crippen LogP contribution < -0.4 is 9.46 Å². The van der Waals surface area contributed by atoms with Crippen molar-refractivity contribution in [2.75, 3.05) is 6.61 Å². The molecule has 0 aliphatic rings. The first-order chi connectivity index (χ1) is 10.4. The smallest absolute Gasteiger partial charge is 0.240 e. The number of hydrogen-bond acceptors (Lipinski definition) is 4. The van der Waals surface area contributed by atoms with E-state index in [0.29, 0.717) is 13.0 Å². The molecule has 0 amide bonds. The van der Waals surface area contributed by atoms with E-state index in [0.717, 1.165) is 11.6 Å². The minimum absolute atomic E-state index is 0.0351. The lowest BCUT2D eigenvalue weighted by Crippen LogP contribution is -2.34. The van der Waals surface area contributed by atoms with E-state index in [2.05, 4.69) is 4.72 Å². The summed E-state index contributed by atoms with van der Waals surface area (Å²) in [7, 11) is -3.79. The second kappa shape index (κ2) is 6.93. The Bertz CT molecular complexity index is 713. The molecule has 5 nitrogen and oxygen atoms in total. The molecule has 0 bridgehead atoms. The number of furan rings is 1. The topological polar surface area (TPSA) is 68.5 Å². The zero-order valence-electron chi connectivity index (χ0n) is 12.4. The Morgan fingerprint density at radius 2 is 2.14 bits per heavy atom. The molecule has 0 unspecified atom stereocenters. The first-order valence-electron chi connectivity index (χ1n) is 6.88. The summed E-state index contributed by atoms with van der Waals surface area (Å²) >= 11 is 0. The van der Waals surface area contributed by atoms with Crippen LogP contribution in [0.3, 0.4) is 0 Å². The Labute approximate surface area is 129 Å². The van der Waals surface area contributed by atoms with Crippen molar-refractivity contribution in [3.05, 3.63) is 48.2 Å². The van der Waals surface area contributed by atoms with Crippen LogP contribution in [0.2, 0.25) is 0 Å². The third kappa shape index (κ3) is 4.08. The number of rotatable bonds is 7. The van der Waals surface area contributed by atoms with Crippen LogP contribution in [0.1, 0.15) is 19.4 Å². The molecule has 0 aliphatic carbocycles. The molecule has 2 rings (SSSR count). The van der Waals surface area contributed by atoms with Crippen molar-refractivity contribution in [2.24, 2.45) is 0 Å². The molecule has 1 aromatic carbocycles. The number of halogens is 1. The van der Waals surface area contributed by atoms with Crippen LogP contribution in [0, 0.1) is 5.82 Å². The molecule has 0 radical (unpaired) electrons. The van der Waals surface area contributed by atoms with Gasteiger partial charge in [-0.15, -0.1) is 0 Å². The Kier molecular flexibility index (Phi) is 5.20. The van der Waals surface area contributed by atoms with Crippen molar-refractivity contribution in [1.82, 2.24) is 4.72 Å². The van der Waals surface area contributed by atoms with E-state index in [-0.39, 0.29) is 16.7 Å². The summed E-state index contributed by atoms with van der Waals surface area (Å²) in [4.78, 5) is -0.132. The molecule has 1 aromatic heterocycles. The molecule has 1 atom stereocenters. The van der Waals surface area contributed by atoms with E-state index in [1.165, 1.54) is 18.4 Å². The summed E-state index contributed by atoms with van der Waals surface area (Å²) in [6.45, 7) is 3.77. The highest BCUT2D eigenvalue weighted by atomic mass is 32.2. The summed E-state index contributed by atoms with van der Waals surface area (Å²) in [5.41, 5.74) is 0.882. The van der Waals surface area contributed by atoms with E-state index >= 15 is 0 Å². The summed E-state index contributed by atoms with van der Waals surface area (Å²) in [5, 5.41) is 0. The molecule has 0 aliphatic heterocycles. The van der Waals surface area contributed by atoms with Gasteiger partial charge in [-0.05, 0) is 50.1 Å². The molecular weight excluding hydrogens is 309 g/mol. The van der Waals surface area contributed by atoms with E-state index < -0.39 is 15.8 Å². The lowest BCUT2D eigenvalue weighted by atomic mass is 10.1. The number of benzene rings is 1. The Balaban J connectivity index is 2.11. The number of ether oxygens (including phenoxy) is 1. The van der Waals surface area contributed by atoms with E-state index in [1.807, 2.05) is 0 Å². The molecule has 0 fully saturated rings. The molecule has 1 N–H and O–H groups in total. The molecule has 0 saturated heterocycles. The average molecular weight is 327 g/mol. The minimum Gasteiger partial charge on any atom is -0.491 e. The Morgan fingerprint density at radius 1 is 1.36 bits per heavy atom. The van der Waals surface area contributed by atoms with Gasteiger partial charge in [-0.25, -0.2) is 17.5 Å². The van der Waals surface area contributed by atoms with Crippen molar-refractivity contribution in [3.8, 4) is 5.75 Å². The molecule has 120 valence electrons. The van der Waals surface area contributed by atoms with Gasteiger partial charge >= 0.3 is 0 Å². The van der Waals surface area contributed by atoms with Gasteiger partial charge in [0.2, 0.25) is 10.0 Å². The lowest BCUT2D eigenvalue weighted by Gasteiger charge is -2.14. The maximum atomic E-state index is 13.8. The largest absolute Gasteiger partial charge is 0.491 e. The second-order valence-corrected chi connectivity index (χ2v) is 6.60. The minimum atomic E-state index is -3.79. The summed E-state index contributed by atoms with van der Waals surface area (Å²) in [6.07, 6.45) is 3.56. The van der Waals surface area contributed by atoms with Crippen LogP contribution in [-0.2, 0) is 16.4 Å². The fourth-order valence-electron chi connectivity index (χ4n) is 2.06. The second-order valence-electron chi connectivity index (χ2n) is 4.88. The third-order valence-corrected chi connectivity index (χ3v) is 4.58. The van der Waals surface area contributed by atoms with Crippen molar-refractivity contribution in [3.63, 3.8) is 0 Å². The van der Waals surface area contributed by atoms with Gasteiger partial charge in [-0.2, -0.15) is 0 Å². The molecule has 0 saturated carbocycles. The van der Waals surface area contributed by atoms with Gasteiger partial charge in [-0.1, -0.05) is 0 Å². The van der Waals surface area contributed by atoms with Gasteiger partial charge in [0.15, 0.2) is 11.6 Å². The molecule has 22 heavy (non-hydrogen) atoms. The highest BCUT2D eigenvalue weighted by molar-refractivity contribution is 7.89. The predicted molar refractivity (Wildman–Crippen MR) is 79.8 cm³/mol. The van der Waals surface area contributed by atoms with E-state index in [4.69, 9.17) is 9.15 Å². The summed E-state index contributed by atoms with van der Waals surface area (Å²) < 4.78 is 50.8. The van der Waals surface area contributed by atoms with Gasteiger partial charge in [0, 0.05) is 6.04 Å². The van der Waals surface area contributed by atoms with Crippen LogP contribution >= 0.6 is 0 Å². The Hall–Kier alpha value is -1.86. The summed E-state index contributed by atoms with van der Waals surface area (Å²) in [5.74, 6) is -0.667. The maximum Gasteiger partial charge on any atom is 0.240 e. The fraction of sp³-hybridized carbons (Fsp3) is 0.333. The highest BCUT2D eigenvalue weighted by Gasteiger charge is 2.19. The molecular formula is C15H18FNO4S. The van der Waals surface area contributed by atoms with E-state index in [1.54, 1.807) is 26.2 Å². The fourth-order valence-corrected chi connectivity index (χ4v) is 3.31. The molecule has 0 spiro atoms. The number of nitrogens with one attached hydrogen (secondary N) is 1. The monoisotopic (exact) mass is 327 g/mol. The van der Waals surface area contributed by atoms with Gasteiger partial charge < -0.3 is 9.15 Å². The number of sulfonamides is 1. The highest BCUT2D eigenvalue weighted by Crippen LogP contribution is 2.21. The predicted octanol–water partition coefficient (Wildman–Crippen LogP) is 2.73. The van der Waals surface area contributed by atoms with Crippen molar-refractivity contribution in [1.29, 1.82) is 0 Å². The zero-order valence-corrected chi connectivity index (χ0v) is 13.2. The molecule has 2 aromatic rings. The first kappa shape index (κ1) is 16.5. The van der Waals surface area contributed by atoms with Gasteiger partial charge in [0.1, 0.15) is 0 Å². The quantitative estimate of drug-likeness (QED) is 0.849. The Morgan fingerprint density at radius 3 is 2.73 bits per heavy atom. The molecule has 1 heterocycles. The van der Waals surface area contributed by atoms with Gasteiger partial charge in [-0.3, -0.25) is 0 Å². The lowest BCUT2D eigenvalue weighted by molar-refractivity contribution is 0.321.